The van der Waals surface area contributed by atoms with Crippen LogP contribution in [0.3, 0.4) is 0 Å². The molecular weight excluding hydrogens is 148 g/mol. The molecule has 1 aliphatic heterocycles. The van der Waals surface area contributed by atoms with Crippen molar-refractivity contribution in [3.05, 3.63) is 29.8 Å². The first-order valence-electron chi connectivity index (χ1n) is 3.04. The number of nitrogens with zero attached hydrogens (tertiary/aromatic N) is 1. The van der Waals surface area contributed by atoms with Gasteiger partial charge < -0.3 is 5.21 Å². The quantitative estimate of drug-likeness (QED) is 0.286. The van der Waals surface area contributed by atoms with Gasteiger partial charge in [0.25, 0.3) is 5.71 Å². The van der Waals surface area contributed by atoms with Gasteiger partial charge >= 0.3 is 0 Å². The second kappa shape index (κ2) is 3.18. The molecule has 2 N–H and O–H groups in total. The molecule has 11 heavy (non-hydrogen) atoms. The highest BCUT2D eigenvalue weighted by atomic mass is 16.8. The van der Waals surface area contributed by atoms with Crippen LogP contribution in [0.4, 0.5) is 0 Å². The van der Waals surface area contributed by atoms with Crippen LogP contribution in [-0.4, -0.2) is 22.9 Å². The van der Waals surface area contributed by atoms with Crippen molar-refractivity contribution < 1.29 is 20.0 Å². The van der Waals surface area contributed by atoms with Gasteiger partial charge in [0.2, 0.25) is 0 Å². The summed E-state index contributed by atoms with van der Waals surface area (Å²) >= 11 is 0. The van der Waals surface area contributed by atoms with Crippen LogP contribution in [0.25, 0.3) is 0 Å². The Kier molecular flexibility index (Phi) is 2.25. The average Bonchev–Trinajstić information content (AvgIpc) is 2.05. The summed E-state index contributed by atoms with van der Waals surface area (Å²) in [5.74, 6) is 0. The molecule has 0 aromatic heterocycles. The molecule has 0 aromatic carbocycles. The summed E-state index contributed by atoms with van der Waals surface area (Å²) in [4.78, 5) is 4.65. The Morgan fingerprint density at radius 2 is 2.09 bits per heavy atom. The highest BCUT2D eigenvalue weighted by molar-refractivity contribution is 6.00. The van der Waals surface area contributed by atoms with Crippen molar-refractivity contribution in [2.45, 2.75) is 0 Å². The van der Waals surface area contributed by atoms with E-state index in [1.54, 1.807) is 12.4 Å². The summed E-state index contributed by atoms with van der Waals surface area (Å²) in [6.45, 7) is 0. The number of hydrogen-bond acceptors (Lipinski definition) is 3. The summed E-state index contributed by atoms with van der Waals surface area (Å²) in [5, 5.41) is 19.3. The summed E-state index contributed by atoms with van der Waals surface area (Å²) < 4.78 is 0. The number of hydroxylamine groups is 2. The monoisotopic (exact) mass is 157 g/mol. The van der Waals surface area contributed by atoms with Gasteiger partial charge in [-0.05, 0) is 0 Å². The standard InChI is InChI=1S/C6H8N2O3/c1-11-7-4-2-6(3-5-7)8(9)10/h2-5H,1H3,(H,9,10)/p+1. The third-order valence-corrected chi connectivity index (χ3v) is 1.29. The second-order valence-electron chi connectivity index (χ2n) is 1.97. The first kappa shape index (κ1) is 7.77. The summed E-state index contributed by atoms with van der Waals surface area (Å²) in [6.07, 6.45) is 6.12. The van der Waals surface area contributed by atoms with Crippen LogP contribution in [-0.2, 0) is 4.84 Å². The van der Waals surface area contributed by atoms with E-state index in [4.69, 9.17) is 10.0 Å². The van der Waals surface area contributed by atoms with Gasteiger partial charge in [-0.1, -0.05) is 0 Å². The Balaban J connectivity index is 2.72. The molecule has 0 saturated carbocycles. The number of rotatable bonds is 1. The van der Waals surface area contributed by atoms with Crippen molar-refractivity contribution in [3.63, 3.8) is 0 Å². The largest absolute Gasteiger partial charge is 0.417 e. The zero-order valence-corrected chi connectivity index (χ0v) is 6.02. The van der Waals surface area contributed by atoms with Crippen molar-refractivity contribution in [1.82, 2.24) is 0 Å². The van der Waals surface area contributed by atoms with Gasteiger partial charge in [-0.3, -0.25) is 5.21 Å². The van der Waals surface area contributed by atoms with Crippen LogP contribution in [0.15, 0.2) is 24.6 Å². The molecule has 0 radical (unpaired) electrons. The maximum Gasteiger partial charge on any atom is 0.278 e. The highest BCUT2D eigenvalue weighted by Crippen LogP contribution is 1.84. The third kappa shape index (κ3) is 1.79. The molecule has 0 aliphatic carbocycles. The van der Waals surface area contributed by atoms with Gasteiger partial charge in [0.05, 0.1) is 19.3 Å². The Morgan fingerprint density at radius 1 is 1.55 bits per heavy atom. The molecule has 1 rings (SSSR count). The summed E-state index contributed by atoms with van der Waals surface area (Å²) in [6, 6.07) is 0. The number of quaternary nitrogens is 1. The fourth-order valence-electron chi connectivity index (χ4n) is 0.710. The predicted octanol–water partition coefficient (Wildman–Crippen LogP) is -1.19. The summed E-state index contributed by atoms with van der Waals surface area (Å²) in [5.41, 5.74) is 0.186. The molecule has 0 unspecified atom stereocenters. The zero-order chi connectivity index (χ0) is 8.27. The van der Waals surface area contributed by atoms with E-state index in [0.29, 0.717) is 5.06 Å². The van der Waals surface area contributed by atoms with Crippen molar-refractivity contribution in [1.29, 1.82) is 0 Å². The fraction of sp³-hybridized carbons (Fsp3) is 0.167. The maximum absolute atomic E-state index is 10.3. The SMILES string of the molecule is CO[NH+]1C=CC(=[N+]([O-])O)C=C1. The van der Waals surface area contributed by atoms with E-state index in [1.807, 2.05) is 0 Å². The van der Waals surface area contributed by atoms with Crippen molar-refractivity contribution in [3.8, 4) is 0 Å². The predicted molar refractivity (Wildman–Crippen MR) is 36.7 cm³/mol. The maximum atomic E-state index is 10.3. The van der Waals surface area contributed by atoms with Crippen LogP contribution in [0, 0.1) is 5.21 Å². The van der Waals surface area contributed by atoms with Crippen molar-refractivity contribution in [2.24, 2.45) is 0 Å². The van der Waals surface area contributed by atoms with Crippen LogP contribution >= 0.6 is 0 Å². The molecule has 0 bridgehead atoms. The molecule has 0 spiro atoms. The molecule has 0 saturated heterocycles. The van der Waals surface area contributed by atoms with E-state index in [9.17, 15) is 5.21 Å². The summed E-state index contributed by atoms with van der Waals surface area (Å²) in [7, 11) is 1.53. The van der Waals surface area contributed by atoms with E-state index >= 15 is 0 Å². The van der Waals surface area contributed by atoms with Crippen LogP contribution in [0.2, 0.25) is 0 Å². The number of allylic oxidation sites excluding steroid dienone is 2. The Hall–Kier alpha value is -1.33. The van der Waals surface area contributed by atoms with E-state index in [2.05, 4.69) is 0 Å². The van der Waals surface area contributed by atoms with Gasteiger partial charge in [-0.25, -0.2) is 0 Å². The molecule has 0 fully saturated rings. The van der Waals surface area contributed by atoms with E-state index in [1.165, 1.54) is 19.3 Å². The molecule has 0 amide bonds. The molecule has 1 aliphatic rings. The van der Waals surface area contributed by atoms with Crippen molar-refractivity contribution in [2.75, 3.05) is 7.11 Å². The van der Waals surface area contributed by atoms with Gasteiger partial charge in [0.1, 0.15) is 12.4 Å². The van der Waals surface area contributed by atoms with Gasteiger partial charge in [-0.2, -0.15) is 4.84 Å². The van der Waals surface area contributed by atoms with Gasteiger partial charge in [-0.15, -0.1) is 5.06 Å². The minimum Gasteiger partial charge on any atom is -0.417 e. The Labute approximate surface area is 63.6 Å². The second-order valence-corrected chi connectivity index (χ2v) is 1.97. The fourth-order valence-corrected chi connectivity index (χ4v) is 0.710. The van der Waals surface area contributed by atoms with Crippen LogP contribution in [0.1, 0.15) is 0 Å². The number of nitrogens with one attached hydrogen (secondary N) is 1. The molecule has 60 valence electrons. The van der Waals surface area contributed by atoms with Crippen LogP contribution in [0.5, 0.6) is 0 Å². The lowest BCUT2D eigenvalue weighted by molar-refractivity contribution is -1.00. The number of hydrogen-bond donors (Lipinski definition) is 2. The zero-order valence-electron chi connectivity index (χ0n) is 6.02. The molecule has 0 atom stereocenters. The van der Waals surface area contributed by atoms with Gasteiger partial charge in [0.15, 0.2) is 0 Å². The Morgan fingerprint density at radius 3 is 2.45 bits per heavy atom. The Bertz CT molecular complexity index is 212. The van der Waals surface area contributed by atoms with E-state index < -0.39 is 0 Å². The smallest absolute Gasteiger partial charge is 0.278 e. The molecule has 5 heteroatoms. The normalized spacial score (nSPS) is 22.3. The highest BCUT2D eigenvalue weighted by Gasteiger charge is 2.11. The van der Waals surface area contributed by atoms with Crippen LogP contribution < -0.4 is 5.06 Å². The molecular formula is C6H9N2O3+. The van der Waals surface area contributed by atoms with E-state index in [0.717, 1.165) is 0 Å². The lowest BCUT2D eigenvalue weighted by atomic mass is 10.3. The van der Waals surface area contributed by atoms with Gasteiger partial charge in [0, 0.05) is 4.90 Å². The first-order chi connectivity index (χ1) is 5.24. The molecule has 0 aromatic rings. The average molecular weight is 157 g/mol. The minimum atomic E-state index is -0.195. The lowest BCUT2D eigenvalue weighted by Gasteiger charge is -2.05. The third-order valence-electron chi connectivity index (χ3n) is 1.29. The molecule has 1 heterocycles. The van der Waals surface area contributed by atoms with Crippen molar-refractivity contribution >= 4 is 5.71 Å². The van der Waals surface area contributed by atoms with E-state index in [-0.39, 0.29) is 10.6 Å². The molecule has 5 nitrogen and oxygen atoms in total. The first-order valence-corrected chi connectivity index (χ1v) is 3.04. The lowest BCUT2D eigenvalue weighted by Crippen LogP contribution is -3.01. The topological polar surface area (TPSA) is 60.0 Å². The minimum absolute atomic E-state index is 0.186.